The first-order valence-corrected chi connectivity index (χ1v) is 13.1. The minimum atomic E-state index is -4.28. The maximum Gasteiger partial charge on any atom is 0.472 e. The monoisotopic (exact) mass is 465 g/mol. The van der Waals surface area contributed by atoms with Crippen LogP contribution in [0.4, 0.5) is 0 Å². The summed E-state index contributed by atoms with van der Waals surface area (Å²) in [7, 11) is 1.56. The van der Waals surface area contributed by atoms with Gasteiger partial charge in [-0.1, -0.05) is 58.1 Å². The highest BCUT2D eigenvalue weighted by Gasteiger charge is 2.27. The molecule has 0 aromatic heterocycles. The first-order chi connectivity index (χ1) is 14.5. The Kier molecular flexibility index (Phi) is 16.4. The number of hydrogen-bond donors (Lipinski definition) is 3. The summed E-state index contributed by atoms with van der Waals surface area (Å²) in [5.74, 6) is -0.221. The number of hydrogen-bond acceptors (Lipinski definition) is 5. The number of likely N-dealkylation sites (N-methyl/N-ethyl adjacent to an activating group) is 1. The van der Waals surface area contributed by atoms with Gasteiger partial charge in [-0.3, -0.25) is 13.8 Å². The van der Waals surface area contributed by atoms with Gasteiger partial charge in [0.25, 0.3) is 0 Å². The molecule has 0 fully saturated rings. The van der Waals surface area contributed by atoms with E-state index in [0.29, 0.717) is 17.4 Å². The van der Waals surface area contributed by atoms with Crippen LogP contribution in [0.25, 0.3) is 0 Å². The maximum atomic E-state index is 12.2. The summed E-state index contributed by atoms with van der Waals surface area (Å²) in [4.78, 5) is 22.1. The normalized spacial score (nSPS) is 16.2. The van der Waals surface area contributed by atoms with E-state index in [9.17, 15) is 19.4 Å². The van der Waals surface area contributed by atoms with Gasteiger partial charge in [0, 0.05) is 6.42 Å². The van der Waals surface area contributed by atoms with Crippen molar-refractivity contribution in [2.45, 2.75) is 83.8 Å². The second-order valence-corrected chi connectivity index (χ2v) is 10.5. The van der Waals surface area contributed by atoms with Crippen LogP contribution in [0, 0.1) is 0 Å². The minimum Gasteiger partial charge on any atom is -0.387 e. The fourth-order valence-electron chi connectivity index (χ4n) is 2.72. The molecule has 9 heteroatoms. The molecular formula is C22H46N2O6P+. The van der Waals surface area contributed by atoms with E-state index in [1.807, 2.05) is 34.1 Å². The van der Waals surface area contributed by atoms with Crippen LogP contribution >= 0.6 is 7.82 Å². The Labute approximate surface area is 189 Å². The molecule has 0 aliphatic carbocycles. The average molecular weight is 466 g/mol. The van der Waals surface area contributed by atoms with Gasteiger partial charge in [-0.25, -0.2) is 4.57 Å². The van der Waals surface area contributed by atoms with Crippen molar-refractivity contribution in [2.24, 2.45) is 0 Å². The maximum absolute atomic E-state index is 12.2. The summed E-state index contributed by atoms with van der Waals surface area (Å²) in [6.07, 6.45) is 11.1. The predicted molar refractivity (Wildman–Crippen MR) is 125 cm³/mol. The second-order valence-electron chi connectivity index (χ2n) is 9.01. The summed E-state index contributed by atoms with van der Waals surface area (Å²) in [5, 5.41) is 13.2. The summed E-state index contributed by atoms with van der Waals surface area (Å²) in [6.45, 7) is 4.44. The van der Waals surface area contributed by atoms with Gasteiger partial charge >= 0.3 is 7.82 Å². The number of aliphatic hydroxyl groups excluding tert-OH is 1. The standard InChI is InChI=1S/C22H45N2O6P/c1-6-8-10-11-12-13-14-15-21(25)20(23-22(26)16-9-7-2)19-30-31(27,28)29-18-17-24(3,4)5/h14-15,20-21,25H,6-13,16-19H2,1-5H3,(H-,23,26,27,28)/p+1/b15-14+. The van der Waals surface area contributed by atoms with Gasteiger partial charge in [-0.05, 0) is 19.3 Å². The lowest BCUT2D eigenvalue weighted by Gasteiger charge is -2.25. The van der Waals surface area contributed by atoms with Crippen molar-refractivity contribution >= 4 is 13.7 Å². The quantitative estimate of drug-likeness (QED) is 0.116. The lowest BCUT2D eigenvalue weighted by molar-refractivity contribution is -0.870. The molecule has 0 saturated heterocycles. The lowest BCUT2D eigenvalue weighted by atomic mass is 10.1. The van der Waals surface area contributed by atoms with E-state index in [2.05, 4.69) is 12.2 Å². The summed E-state index contributed by atoms with van der Waals surface area (Å²) in [5.41, 5.74) is 0. The van der Waals surface area contributed by atoms with E-state index in [4.69, 9.17) is 9.05 Å². The number of amides is 1. The molecule has 0 aliphatic rings. The van der Waals surface area contributed by atoms with Crippen LogP contribution in [0.15, 0.2) is 12.2 Å². The van der Waals surface area contributed by atoms with Gasteiger partial charge in [0.05, 0.1) is 39.9 Å². The first-order valence-electron chi connectivity index (χ1n) is 11.6. The molecule has 0 aliphatic heterocycles. The number of carbonyl (C=O) groups is 1. The smallest absolute Gasteiger partial charge is 0.387 e. The molecule has 0 spiro atoms. The fraction of sp³-hybridized carbons (Fsp3) is 0.864. The third-order valence-electron chi connectivity index (χ3n) is 4.76. The number of quaternary nitrogens is 1. The Bertz CT molecular complexity index is 551. The highest BCUT2D eigenvalue weighted by atomic mass is 31.2. The van der Waals surface area contributed by atoms with Crippen LogP contribution in [0.3, 0.4) is 0 Å². The lowest BCUT2D eigenvalue weighted by Crippen LogP contribution is -2.45. The molecule has 0 aromatic rings. The van der Waals surface area contributed by atoms with Crippen molar-refractivity contribution in [2.75, 3.05) is 40.9 Å². The number of phosphoric ester groups is 1. The fourth-order valence-corrected chi connectivity index (χ4v) is 3.46. The molecule has 184 valence electrons. The molecule has 0 radical (unpaired) electrons. The van der Waals surface area contributed by atoms with Crippen LogP contribution in [-0.4, -0.2) is 73.4 Å². The van der Waals surface area contributed by atoms with Gasteiger partial charge < -0.3 is 19.8 Å². The molecule has 8 nitrogen and oxygen atoms in total. The molecule has 3 atom stereocenters. The zero-order chi connectivity index (χ0) is 23.8. The topological polar surface area (TPSA) is 105 Å². The first kappa shape index (κ1) is 30.2. The van der Waals surface area contributed by atoms with Gasteiger partial charge in [0.1, 0.15) is 13.2 Å². The number of nitrogens with zero attached hydrogens (tertiary/aromatic N) is 1. The summed E-state index contributed by atoms with van der Waals surface area (Å²) < 4.78 is 22.8. The molecular weight excluding hydrogens is 419 g/mol. The number of rotatable bonds is 19. The largest absolute Gasteiger partial charge is 0.472 e. The Morgan fingerprint density at radius 3 is 2.32 bits per heavy atom. The van der Waals surface area contributed by atoms with E-state index in [0.717, 1.165) is 32.1 Å². The molecule has 0 rings (SSSR count). The van der Waals surface area contributed by atoms with Crippen molar-refractivity contribution in [3.63, 3.8) is 0 Å². The van der Waals surface area contributed by atoms with Crippen molar-refractivity contribution in [1.29, 1.82) is 0 Å². The van der Waals surface area contributed by atoms with Gasteiger partial charge in [-0.15, -0.1) is 0 Å². The third-order valence-corrected chi connectivity index (χ3v) is 5.74. The van der Waals surface area contributed by atoms with E-state index < -0.39 is 20.0 Å². The van der Waals surface area contributed by atoms with Crippen LogP contribution in [-0.2, 0) is 18.4 Å². The number of carbonyl (C=O) groups excluding carboxylic acids is 1. The molecule has 0 aromatic carbocycles. The third kappa shape index (κ3) is 18.5. The molecule has 3 N–H and O–H groups in total. The number of nitrogens with one attached hydrogen (secondary N) is 1. The van der Waals surface area contributed by atoms with Crippen LogP contribution in [0.1, 0.15) is 71.6 Å². The average Bonchev–Trinajstić information content (AvgIpc) is 2.67. The Hall–Kier alpha value is -0.760. The zero-order valence-electron chi connectivity index (χ0n) is 20.2. The van der Waals surface area contributed by atoms with E-state index in [-0.39, 0.29) is 19.1 Å². The van der Waals surface area contributed by atoms with Crippen LogP contribution in [0.5, 0.6) is 0 Å². The molecule has 0 heterocycles. The van der Waals surface area contributed by atoms with Gasteiger partial charge in [-0.2, -0.15) is 0 Å². The number of aliphatic hydroxyl groups is 1. The summed E-state index contributed by atoms with van der Waals surface area (Å²) >= 11 is 0. The Morgan fingerprint density at radius 2 is 1.71 bits per heavy atom. The van der Waals surface area contributed by atoms with Crippen LogP contribution in [0.2, 0.25) is 0 Å². The Morgan fingerprint density at radius 1 is 1.06 bits per heavy atom. The zero-order valence-corrected chi connectivity index (χ0v) is 21.1. The predicted octanol–water partition coefficient (Wildman–Crippen LogP) is 3.78. The van der Waals surface area contributed by atoms with Crippen molar-refractivity contribution in [1.82, 2.24) is 5.32 Å². The number of phosphoric acid groups is 1. The summed E-state index contributed by atoms with van der Waals surface area (Å²) in [6, 6.07) is -0.830. The van der Waals surface area contributed by atoms with Crippen molar-refractivity contribution in [3.05, 3.63) is 12.2 Å². The van der Waals surface area contributed by atoms with Gasteiger partial charge in [0.15, 0.2) is 0 Å². The van der Waals surface area contributed by atoms with Crippen LogP contribution < -0.4 is 5.32 Å². The highest BCUT2D eigenvalue weighted by molar-refractivity contribution is 7.47. The molecule has 1 amide bonds. The van der Waals surface area contributed by atoms with Crippen molar-refractivity contribution in [3.8, 4) is 0 Å². The van der Waals surface area contributed by atoms with E-state index in [1.165, 1.54) is 19.3 Å². The SMILES string of the molecule is CCCCCCC/C=C/C(O)C(COP(=O)(O)OCC[N+](C)(C)C)NC(=O)CCCC. The number of unbranched alkanes of at least 4 members (excludes halogenated alkanes) is 6. The second kappa shape index (κ2) is 16.8. The molecule has 31 heavy (non-hydrogen) atoms. The Balaban J connectivity index is 4.73. The number of allylic oxidation sites excluding steroid dienone is 1. The molecule has 3 unspecified atom stereocenters. The van der Waals surface area contributed by atoms with E-state index >= 15 is 0 Å². The van der Waals surface area contributed by atoms with Gasteiger partial charge in [0.2, 0.25) is 5.91 Å². The molecule has 0 bridgehead atoms. The minimum absolute atomic E-state index is 0.0608. The van der Waals surface area contributed by atoms with E-state index in [1.54, 1.807) is 6.08 Å². The highest BCUT2D eigenvalue weighted by Crippen LogP contribution is 2.43. The van der Waals surface area contributed by atoms with Crippen molar-refractivity contribution < 1.29 is 32.9 Å². The molecule has 0 saturated carbocycles.